The second kappa shape index (κ2) is 10.1. The number of benzene rings is 3. The van der Waals surface area contributed by atoms with E-state index in [-0.39, 0.29) is 4.90 Å². The van der Waals surface area contributed by atoms with Gasteiger partial charge in [-0.1, -0.05) is 42.5 Å². The van der Waals surface area contributed by atoms with Crippen molar-refractivity contribution in [3.05, 3.63) is 72.8 Å². The molecule has 0 atom stereocenters. The van der Waals surface area contributed by atoms with Crippen LogP contribution < -0.4 is 14.4 Å². The van der Waals surface area contributed by atoms with E-state index in [0.717, 1.165) is 28.1 Å². The van der Waals surface area contributed by atoms with Crippen molar-refractivity contribution >= 4 is 26.9 Å². The lowest BCUT2D eigenvalue weighted by atomic mass is 10.1. The zero-order chi connectivity index (χ0) is 25.1. The van der Waals surface area contributed by atoms with Crippen molar-refractivity contribution in [3.8, 4) is 22.8 Å². The maximum absolute atomic E-state index is 13.6. The molecule has 2 heterocycles. The first-order valence-electron chi connectivity index (χ1n) is 11.8. The van der Waals surface area contributed by atoms with Gasteiger partial charge in [-0.3, -0.25) is 0 Å². The van der Waals surface area contributed by atoms with Crippen LogP contribution in [0, 0.1) is 0 Å². The normalized spacial score (nSPS) is 15.0. The molecule has 0 spiro atoms. The van der Waals surface area contributed by atoms with Crippen molar-refractivity contribution in [2.75, 3.05) is 45.3 Å². The van der Waals surface area contributed by atoms with E-state index >= 15 is 0 Å². The molecule has 9 heteroatoms. The van der Waals surface area contributed by atoms with Gasteiger partial charge in [0.05, 0.1) is 25.3 Å². The highest BCUT2D eigenvalue weighted by molar-refractivity contribution is 7.89. The minimum Gasteiger partial charge on any atom is -0.497 e. The van der Waals surface area contributed by atoms with Crippen molar-refractivity contribution in [3.63, 3.8) is 0 Å². The van der Waals surface area contributed by atoms with Crippen LogP contribution in [0.1, 0.15) is 6.42 Å². The summed E-state index contributed by atoms with van der Waals surface area (Å²) >= 11 is 0. The van der Waals surface area contributed by atoms with Gasteiger partial charge in [-0.05, 0) is 30.7 Å². The molecule has 0 unspecified atom stereocenters. The molecule has 0 radical (unpaired) electrons. The van der Waals surface area contributed by atoms with E-state index in [4.69, 9.17) is 19.4 Å². The number of rotatable bonds is 6. The molecule has 5 rings (SSSR count). The Balaban J connectivity index is 1.49. The van der Waals surface area contributed by atoms with Gasteiger partial charge in [0.25, 0.3) is 0 Å². The molecule has 1 saturated heterocycles. The number of anilines is 1. The second-order valence-corrected chi connectivity index (χ2v) is 10.4. The van der Waals surface area contributed by atoms with Gasteiger partial charge in [0.1, 0.15) is 22.1 Å². The van der Waals surface area contributed by atoms with E-state index in [9.17, 15) is 8.42 Å². The van der Waals surface area contributed by atoms with Gasteiger partial charge in [-0.2, -0.15) is 4.31 Å². The predicted octanol–water partition coefficient (Wildman–Crippen LogP) is 4.22. The lowest BCUT2D eigenvalue weighted by molar-refractivity contribution is 0.385. The molecule has 1 aliphatic heterocycles. The monoisotopic (exact) mass is 504 g/mol. The molecule has 0 N–H and O–H groups in total. The van der Waals surface area contributed by atoms with Gasteiger partial charge < -0.3 is 14.4 Å². The molecule has 186 valence electrons. The summed E-state index contributed by atoms with van der Waals surface area (Å²) in [4.78, 5) is 12.2. The van der Waals surface area contributed by atoms with Crippen LogP contribution in [0.5, 0.6) is 11.5 Å². The average molecular weight is 505 g/mol. The Morgan fingerprint density at radius 2 is 1.50 bits per heavy atom. The quantitative estimate of drug-likeness (QED) is 0.389. The molecule has 1 aromatic heterocycles. The number of hydrogen-bond donors (Lipinski definition) is 0. The number of ether oxygens (including phenoxy) is 2. The molecular weight excluding hydrogens is 476 g/mol. The molecule has 4 aromatic rings. The fourth-order valence-corrected chi connectivity index (χ4v) is 6.11. The second-order valence-electron chi connectivity index (χ2n) is 8.51. The topological polar surface area (TPSA) is 84.9 Å². The van der Waals surface area contributed by atoms with Crippen LogP contribution in [0.2, 0.25) is 0 Å². The van der Waals surface area contributed by atoms with Crippen LogP contribution in [0.25, 0.3) is 22.3 Å². The smallest absolute Gasteiger partial charge is 0.246 e. The minimum absolute atomic E-state index is 0.105. The maximum Gasteiger partial charge on any atom is 0.246 e. The molecular formula is C27H28N4O4S. The largest absolute Gasteiger partial charge is 0.497 e. The molecule has 0 aliphatic carbocycles. The molecule has 0 amide bonds. The maximum atomic E-state index is 13.6. The first kappa shape index (κ1) is 24.0. The van der Waals surface area contributed by atoms with E-state index in [0.29, 0.717) is 44.1 Å². The number of para-hydroxylation sites is 2. The van der Waals surface area contributed by atoms with E-state index in [1.54, 1.807) is 12.1 Å². The van der Waals surface area contributed by atoms with Crippen LogP contribution >= 0.6 is 0 Å². The first-order valence-corrected chi connectivity index (χ1v) is 13.2. The number of sulfonamides is 1. The third-order valence-corrected chi connectivity index (χ3v) is 8.26. The van der Waals surface area contributed by atoms with Gasteiger partial charge in [-0.15, -0.1) is 0 Å². The molecule has 1 aliphatic rings. The summed E-state index contributed by atoms with van der Waals surface area (Å²) < 4.78 is 39.4. The predicted molar refractivity (Wildman–Crippen MR) is 140 cm³/mol. The highest BCUT2D eigenvalue weighted by Gasteiger charge is 2.31. The number of nitrogens with zero attached hydrogens (tertiary/aromatic N) is 4. The number of methoxy groups -OCH3 is 2. The van der Waals surface area contributed by atoms with Gasteiger partial charge >= 0.3 is 0 Å². The van der Waals surface area contributed by atoms with Crippen LogP contribution in [0.4, 0.5) is 5.82 Å². The Hall–Kier alpha value is -3.69. The van der Waals surface area contributed by atoms with Crippen LogP contribution in [0.15, 0.2) is 77.7 Å². The molecule has 36 heavy (non-hydrogen) atoms. The molecule has 1 fully saturated rings. The standard InChI is InChI=1S/C27H28N4O4S/c1-34-21-13-14-24(35-2)25(19-21)36(32,33)31-16-8-15-30(17-18-31)27-26(20-9-4-3-5-10-20)28-22-11-6-7-12-23(22)29-27/h3-7,9-14,19H,8,15-18H2,1-2H3. The van der Waals surface area contributed by atoms with Crippen molar-refractivity contribution in [2.24, 2.45) is 0 Å². The van der Waals surface area contributed by atoms with Crippen LogP contribution in [-0.4, -0.2) is 63.1 Å². The molecule has 3 aromatic carbocycles. The summed E-state index contributed by atoms with van der Waals surface area (Å²) in [5.41, 5.74) is 3.40. The van der Waals surface area contributed by atoms with Gasteiger partial charge in [0.15, 0.2) is 5.82 Å². The van der Waals surface area contributed by atoms with Crippen molar-refractivity contribution in [1.29, 1.82) is 0 Å². The van der Waals surface area contributed by atoms with Crippen molar-refractivity contribution in [1.82, 2.24) is 14.3 Å². The highest BCUT2D eigenvalue weighted by Crippen LogP contribution is 2.33. The van der Waals surface area contributed by atoms with Gasteiger partial charge in [0, 0.05) is 37.8 Å². The van der Waals surface area contributed by atoms with Crippen LogP contribution in [0.3, 0.4) is 0 Å². The molecule has 0 saturated carbocycles. The van der Waals surface area contributed by atoms with E-state index in [1.165, 1.54) is 24.6 Å². The van der Waals surface area contributed by atoms with E-state index < -0.39 is 10.0 Å². The Labute approximate surface area is 211 Å². The number of fused-ring (bicyclic) bond motifs is 1. The van der Waals surface area contributed by atoms with E-state index in [2.05, 4.69) is 4.90 Å². The van der Waals surface area contributed by atoms with Crippen molar-refractivity contribution < 1.29 is 17.9 Å². The first-order chi connectivity index (χ1) is 17.5. The lowest BCUT2D eigenvalue weighted by Crippen LogP contribution is -2.35. The van der Waals surface area contributed by atoms with Crippen molar-refractivity contribution in [2.45, 2.75) is 11.3 Å². The molecule has 8 nitrogen and oxygen atoms in total. The fraction of sp³-hybridized carbons (Fsp3) is 0.259. The van der Waals surface area contributed by atoms with Gasteiger partial charge in [0.2, 0.25) is 10.0 Å². The summed E-state index contributed by atoms with van der Waals surface area (Å²) in [6.45, 7) is 1.85. The van der Waals surface area contributed by atoms with E-state index in [1.807, 2.05) is 54.6 Å². The zero-order valence-corrected chi connectivity index (χ0v) is 21.1. The summed E-state index contributed by atoms with van der Waals surface area (Å²) in [6, 6.07) is 22.6. The Morgan fingerprint density at radius 1 is 0.778 bits per heavy atom. The van der Waals surface area contributed by atoms with Crippen LogP contribution in [-0.2, 0) is 10.0 Å². The Bertz CT molecular complexity index is 1480. The third-order valence-electron chi connectivity index (χ3n) is 6.34. The summed E-state index contributed by atoms with van der Waals surface area (Å²) in [5.74, 6) is 1.52. The lowest BCUT2D eigenvalue weighted by Gasteiger charge is -2.25. The Kier molecular flexibility index (Phi) is 6.75. The highest BCUT2D eigenvalue weighted by atomic mass is 32.2. The SMILES string of the molecule is COc1ccc(OC)c(S(=O)(=O)N2CCCN(c3nc4ccccc4nc3-c3ccccc3)CC2)c1. The third kappa shape index (κ3) is 4.59. The number of hydrogen-bond acceptors (Lipinski definition) is 7. The fourth-order valence-electron chi connectivity index (χ4n) is 4.47. The van der Waals surface area contributed by atoms with Gasteiger partial charge in [-0.25, -0.2) is 18.4 Å². The summed E-state index contributed by atoms with van der Waals surface area (Å²) in [5, 5.41) is 0. The Morgan fingerprint density at radius 3 is 2.22 bits per heavy atom. The summed E-state index contributed by atoms with van der Waals surface area (Å²) in [7, 11) is -0.820. The zero-order valence-electron chi connectivity index (χ0n) is 20.3. The number of aromatic nitrogens is 2. The summed E-state index contributed by atoms with van der Waals surface area (Å²) in [6.07, 6.45) is 0.647. The molecule has 0 bridgehead atoms. The average Bonchev–Trinajstić information content (AvgIpc) is 3.19. The minimum atomic E-state index is -3.80.